The number of amides is 1. The van der Waals surface area contributed by atoms with Gasteiger partial charge < -0.3 is 20.3 Å². The van der Waals surface area contributed by atoms with Gasteiger partial charge in [0.25, 0.3) is 0 Å². The molecule has 1 aliphatic heterocycles. The Labute approximate surface area is 157 Å². The van der Waals surface area contributed by atoms with Crippen molar-refractivity contribution in [1.82, 2.24) is 9.88 Å². The van der Waals surface area contributed by atoms with Crippen LogP contribution in [0.4, 0.5) is 5.82 Å². The molecule has 6 heteroatoms. The van der Waals surface area contributed by atoms with Crippen LogP contribution < -0.4 is 10.6 Å². The Morgan fingerprint density at radius 1 is 1.22 bits per heavy atom. The Kier molecular flexibility index (Phi) is 4.48. The van der Waals surface area contributed by atoms with Gasteiger partial charge in [0.1, 0.15) is 5.82 Å². The summed E-state index contributed by atoms with van der Waals surface area (Å²) in [6, 6.07) is 17.9. The minimum Gasteiger partial charge on any atom is -0.368 e. The Bertz CT molecular complexity index is 1010. The van der Waals surface area contributed by atoms with E-state index < -0.39 is 6.23 Å². The summed E-state index contributed by atoms with van der Waals surface area (Å²) in [5, 5.41) is 16.5. The van der Waals surface area contributed by atoms with Gasteiger partial charge in [-0.3, -0.25) is 4.79 Å². The number of aliphatic imine (C=N–C) groups is 1. The van der Waals surface area contributed by atoms with Gasteiger partial charge in [0.05, 0.1) is 11.9 Å². The number of nitrogens with zero attached hydrogens (tertiary/aromatic N) is 2. The summed E-state index contributed by atoms with van der Waals surface area (Å²) in [6.07, 6.45) is 2.59. The molecule has 0 fully saturated rings. The van der Waals surface area contributed by atoms with Crippen LogP contribution >= 0.6 is 0 Å². The van der Waals surface area contributed by atoms with Crippen LogP contribution in [0.3, 0.4) is 0 Å². The standard InChI is InChI=1S/C21H20N4O2/c1-14(26)22-11-15-6-5-7-16(10-15)18-12-25(17-8-3-2-4-9-17)20-19(18)21(27)24-13-23-20/h2-10,12-13,21,27H,11H2,1H3,(H,22,26)(H,23,24). The average molecular weight is 360 g/mol. The second-order valence-corrected chi connectivity index (χ2v) is 6.42. The van der Waals surface area contributed by atoms with E-state index in [9.17, 15) is 9.90 Å². The molecular weight excluding hydrogens is 340 g/mol. The highest BCUT2D eigenvalue weighted by Crippen LogP contribution is 2.39. The number of aliphatic hydroxyl groups is 1. The third kappa shape index (κ3) is 3.35. The fourth-order valence-electron chi connectivity index (χ4n) is 3.27. The molecule has 1 atom stereocenters. The van der Waals surface area contributed by atoms with Crippen molar-refractivity contribution >= 4 is 18.1 Å². The predicted octanol–water partition coefficient (Wildman–Crippen LogP) is 3.23. The molecule has 2 aromatic carbocycles. The minimum atomic E-state index is -0.930. The SMILES string of the molecule is CC(=O)NCc1cccc(-c2cn(-c3ccccc3)c3c2C(O)N=CN3)c1. The van der Waals surface area contributed by atoms with Crippen LogP contribution in [0.15, 0.2) is 65.8 Å². The van der Waals surface area contributed by atoms with Crippen molar-refractivity contribution in [2.45, 2.75) is 19.7 Å². The van der Waals surface area contributed by atoms with Gasteiger partial charge in [-0.1, -0.05) is 36.4 Å². The lowest BCUT2D eigenvalue weighted by molar-refractivity contribution is -0.119. The maximum absolute atomic E-state index is 11.2. The number of para-hydroxylation sites is 1. The summed E-state index contributed by atoms with van der Waals surface area (Å²) < 4.78 is 2.01. The average Bonchev–Trinajstić information content (AvgIpc) is 3.08. The number of aromatic nitrogens is 1. The smallest absolute Gasteiger partial charge is 0.217 e. The molecule has 0 aliphatic carbocycles. The fraction of sp³-hybridized carbons (Fsp3) is 0.143. The second kappa shape index (κ2) is 7.09. The van der Waals surface area contributed by atoms with Crippen molar-refractivity contribution in [2.24, 2.45) is 4.99 Å². The van der Waals surface area contributed by atoms with Crippen molar-refractivity contribution in [3.8, 4) is 16.8 Å². The normalized spacial score (nSPS) is 15.1. The van der Waals surface area contributed by atoms with Crippen LogP contribution in [0.5, 0.6) is 0 Å². The molecule has 0 saturated carbocycles. The minimum absolute atomic E-state index is 0.0676. The molecule has 136 valence electrons. The summed E-state index contributed by atoms with van der Waals surface area (Å²) in [7, 11) is 0. The van der Waals surface area contributed by atoms with Gasteiger partial charge in [-0.05, 0) is 29.3 Å². The number of aliphatic hydroxyl groups excluding tert-OH is 1. The predicted molar refractivity (Wildman–Crippen MR) is 106 cm³/mol. The Morgan fingerprint density at radius 3 is 2.81 bits per heavy atom. The van der Waals surface area contributed by atoms with Crippen molar-refractivity contribution < 1.29 is 9.90 Å². The van der Waals surface area contributed by atoms with E-state index in [0.29, 0.717) is 6.54 Å². The first-order valence-corrected chi connectivity index (χ1v) is 8.74. The number of hydrogen-bond donors (Lipinski definition) is 3. The number of carbonyl (C=O) groups excluding carboxylic acids is 1. The zero-order valence-corrected chi connectivity index (χ0v) is 14.9. The Balaban J connectivity index is 1.81. The summed E-state index contributed by atoms with van der Waals surface area (Å²) >= 11 is 0. The molecule has 6 nitrogen and oxygen atoms in total. The number of carbonyl (C=O) groups is 1. The van der Waals surface area contributed by atoms with Crippen LogP contribution in [-0.2, 0) is 11.3 Å². The van der Waals surface area contributed by atoms with Crippen LogP contribution in [0.2, 0.25) is 0 Å². The fourth-order valence-corrected chi connectivity index (χ4v) is 3.27. The molecule has 4 rings (SSSR count). The van der Waals surface area contributed by atoms with E-state index in [0.717, 1.165) is 33.8 Å². The maximum Gasteiger partial charge on any atom is 0.217 e. The van der Waals surface area contributed by atoms with Crippen LogP contribution in [0.25, 0.3) is 16.8 Å². The number of hydrogen-bond acceptors (Lipinski definition) is 4. The molecule has 3 N–H and O–H groups in total. The molecule has 1 aliphatic rings. The number of anilines is 1. The highest BCUT2D eigenvalue weighted by atomic mass is 16.3. The molecule has 1 amide bonds. The van der Waals surface area contributed by atoms with Gasteiger partial charge in [0.15, 0.2) is 6.23 Å². The quantitative estimate of drug-likeness (QED) is 0.668. The van der Waals surface area contributed by atoms with E-state index in [-0.39, 0.29) is 5.91 Å². The highest BCUT2D eigenvalue weighted by molar-refractivity contribution is 5.86. The molecule has 3 aromatic rings. The third-order valence-corrected chi connectivity index (χ3v) is 4.53. The van der Waals surface area contributed by atoms with Gasteiger partial charge in [0, 0.05) is 30.9 Å². The van der Waals surface area contributed by atoms with Gasteiger partial charge in [0.2, 0.25) is 5.91 Å². The first-order valence-electron chi connectivity index (χ1n) is 8.74. The number of fused-ring (bicyclic) bond motifs is 1. The van der Waals surface area contributed by atoms with E-state index >= 15 is 0 Å². The topological polar surface area (TPSA) is 78.7 Å². The Morgan fingerprint density at radius 2 is 2.04 bits per heavy atom. The van der Waals surface area contributed by atoms with E-state index in [1.54, 1.807) is 0 Å². The molecular formula is C21H20N4O2. The first kappa shape index (κ1) is 17.1. The van der Waals surface area contributed by atoms with Crippen LogP contribution in [0, 0.1) is 0 Å². The monoisotopic (exact) mass is 360 g/mol. The molecule has 1 aromatic heterocycles. The molecule has 0 spiro atoms. The van der Waals surface area contributed by atoms with Crippen LogP contribution in [0.1, 0.15) is 24.3 Å². The van der Waals surface area contributed by atoms with Crippen LogP contribution in [-0.4, -0.2) is 21.9 Å². The van der Waals surface area contributed by atoms with Crippen molar-refractivity contribution in [2.75, 3.05) is 5.32 Å². The van der Waals surface area contributed by atoms with Gasteiger partial charge in [-0.2, -0.15) is 0 Å². The lowest BCUT2D eigenvalue weighted by Crippen LogP contribution is -2.18. The van der Waals surface area contributed by atoms with E-state index in [4.69, 9.17) is 0 Å². The summed E-state index contributed by atoms with van der Waals surface area (Å²) in [5.74, 6) is 0.730. The number of rotatable bonds is 4. The van der Waals surface area contributed by atoms with Crippen molar-refractivity contribution in [1.29, 1.82) is 0 Å². The molecule has 2 heterocycles. The molecule has 0 radical (unpaired) electrons. The zero-order chi connectivity index (χ0) is 18.8. The Hall–Kier alpha value is -3.38. The van der Waals surface area contributed by atoms with Gasteiger partial charge in [-0.25, -0.2) is 4.99 Å². The largest absolute Gasteiger partial charge is 0.368 e. The molecule has 27 heavy (non-hydrogen) atoms. The summed E-state index contributed by atoms with van der Waals surface area (Å²) in [6.45, 7) is 1.96. The van der Waals surface area contributed by atoms with Gasteiger partial charge >= 0.3 is 0 Å². The third-order valence-electron chi connectivity index (χ3n) is 4.53. The lowest BCUT2D eigenvalue weighted by atomic mass is 10.0. The zero-order valence-electron chi connectivity index (χ0n) is 14.9. The van der Waals surface area contributed by atoms with E-state index in [1.165, 1.54) is 13.3 Å². The number of benzene rings is 2. The molecule has 0 saturated heterocycles. The number of nitrogens with one attached hydrogen (secondary N) is 2. The van der Waals surface area contributed by atoms with Crippen molar-refractivity contribution in [3.05, 3.63) is 71.9 Å². The molecule has 0 bridgehead atoms. The van der Waals surface area contributed by atoms with Crippen molar-refractivity contribution in [3.63, 3.8) is 0 Å². The second-order valence-electron chi connectivity index (χ2n) is 6.42. The maximum atomic E-state index is 11.2. The highest BCUT2D eigenvalue weighted by Gasteiger charge is 2.25. The lowest BCUT2D eigenvalue weighted by Gasteiger charge is -2.17. The summed E-state index contributed by atoms with van der Waals surface area (Å²) in [5.41, 5.74) is 4.57. The van der Waals surface area contributed by atoms with E-state index in [2.05, 4.69) is 15.6 Å². The summed E-state index contributed by atoms with van der Waals surface area (Å²) in [4.78, 5) is 15.3. The van der Waals surface area contributed by atoms with E-state index in [1.807, 2.05) is 65.4 Å². The first-order chi connectivity index (χ1) is 13.1. The van der Waals surface area contributed by atoms with Gasteiger partial charge in [-0.15, -0.1) is 0 Å². The molecule has 1 unspecified atom stereocenters.